The van der Waals surface area contributed by atoms with Gasteiger partial charge >= 0.3 is 0 Å². The summed E-state index contributed by atoms with van der Waals surface area (Å²) < 4.78 is 11.5. The first-order chi connectivity index (χ1) is 10.2. The van der Waals surface area contributed by atoms with E-state index in [0.717, 1.165) is 21.7 Å². The lowest BCUT2D eigenvalue weighted by Crippen LogP contribution is -2.26. The minimum Gasteiger partial charge on any atom is -0.496 e. The minimum absolute atomic E-state index is 0.244. The van der Waals surface area contributed by atoms with E-state index in [2.05, 4.69) is 21.2 Å². The van der Waals surface area contributed by atoms with Gasteiger partial charge in [0.1, 0.15) is 24.2 Å². The van der Waals surface area contributed by atoms with Crippen molar-refractivity contribution in [3.63, 3.8) is 0 Å². The highest BCUT2D eigenvalue weighted by molar-refractivity contribution is 9.10. The third kappa shape index (κ3) is 4.95. The molecule has 5 heteroatoms. The molecule has 4 nitrogen and oxygen atoms in total. The zero-order valence-corrected chi connectivity index (χ0v) is 13.3. The molecule has 2 N–H and O–H groups in total. The molecule has 0 radical (unpaired) electrons. The first kappa shape index (κ1) is 15.7. The van der Waals surface area contributed by atoms with Gasteiger partial charge in [0.2, 0.25) is 0 Å². The molecular weight excluding hydrogens is 334 g/mol. The number of hydrogen-bond acceptors (Lipinski definition) is 4. The van der Waals surface area contributed by atoms with Crippen LogP contribution in [0.25, 0.3) is 0 Å². The largest absolute Gasteiger partial charge is 0.496 e. The monoisotopic (exact) mass is 351 g/mol. The third-order valence-corrected chi connectivity index (χ3v) is 3.50. The molecule has 21 heavy (non-hydrogen) atoms. The summed E-state index contributed by atoms with van der Waals surface area (Å²) in [7, 11) is 1.62. The molecule has 0 aliphatic rings. The van der Waals surface area contributed by atoms with Gasteiger partial charge in [-0.05, 0) is 46.3 Å². The van der Waals surface area contributed by atoms with Gasteiger partial charge < -0.3 is 19.9 Å². The van der Waals surface area contributed by atoms with E-state index in [1.54, 1.807) is 7.11 Å². The van der Waals surface area contributed by atoms with Gasteiger partial charge in [0, 0.05) is 12.2 Å². The average molecular weight is 352 g/mol. The highest BCUT2D eigenvalue weighted by Gasteiger charge is 2.06. The summed E-state index contributed by atoms with van der Waals surface area (Å²) in [5.41, 5.74) is 0.904. The second-order valence-corrected chi connectivity index (χ2v) is 5.36. The fourth-order valence-electron chi connectivity index (χ4n) is 1.78. The van der Waals surface area contributed by atoms with E-state index >= 15 is 0 Å². The minimum atomic E-state index is -0.592. The SMILES string of the molecule is COc1ccc(NCC(O)COc2ccccc2)cc1Br. The number of benzene rings is 2. The van der Waals surface area contributed by atoms with Crippen LogP contribution in [-0.4, -0.2) is 31.5 Å². The van der Waals surface area contributed by atoms with E-state index in [4.69, 9.17) is 9.47 Å². The van der Waals surface area contributed by atoms with E-state index in [1.165, 1.54) is 0 Å². The van der Waals surface area contributed by atoms with Crippen LogP contribution in [0.3, 0.4) is 0 Å². The summed E-state index contributed by atoms with van der Waals surface area (Å²) in [5.74, 6) is 1.53. The Morgan fingerprint density at radius 2 is 1.95 bits per heavy atom. The third-order valence-electron chi connectivity index (χ3n) is 2.88. The van der Waals surface area contributed by atoms with Crippen LogP contribution in [0.5, 0.6) is 11.5 Å². The summed E-state index contributed by atoms with van der Waals surface area (Å²) in [6, 6.07) is 15.1. The van der Waals surface area contributed by atoms with Gasteiger partial charge in [-0.25, -0.2) is 0 Å². The Bertz CT molecular complexity index is 563. The van der Waals surface area contributed by atoms with Crippen molar-refractivity contribution in [2.45, 2.75) is 6.10 Å². The number of halogens is 1. The Hall–Kier alpha value is -1.72. The van der Waals surface area contributed by atoms with Crippen LogP contribution in [0, 0.1) is 0 Å². The molecule has 0 amide bonds. The smallest absolute Gasteiger partial charge is 0.133 e. The second kappa shape index (κ2) is 7.90. The first-order valence-corrected chi connectivity index (χ1v) is 7.41. The number of aliphatic hydroxyl groups is 1. The van der Waals surface area contributed by atoms with Crippen molar-refractivity contribution in [2.75, 3.05) is 25.6 Å². The summed E-state index contributed by atoms with van der Waals surface area (Å²) in [5, 5.41) is 13.1. The molecule has 112 valence electrons. The van der Waals surface area contributed by atoms with Crippen LogP contribution in [0.15, 0.2) is 53.0 Å². The Labute approximate surface area is 132 Å². The summed E-state index contributed by atoms with van der Waals surface area (Å²) >= 11 is 3.42. The fourth-order valence-corrected chi connectivity index (χ4v) is 2.32. The van der Waals surface area contributed by atoms with Crippen molar-refractivity contribution in [3.8, 4) is 11.5 Å². The summed E-state index contributed by atoms with van der Waals surface area (Å²) in [4.78, 5) is 0. The molecular formula is C16H18BrNO3. The van der Waals surface area contributed by atoms with Crippen molar-refractivity contribution in [3.05, 3.63) is 53.0 Å². The Morgan fingerprint density at radius 1 is 1.19 bits per heavy atom. The van der Waals surface area contributed by atoms with Crippen LogP contribution in [0.1, 0.15) is 0 Å². The van der Waals surface area contributed by atoms with Crippen molar-refractivity contribution in [1.29, 1.82) is 0 Å². The second-order valence-electron chi connectivity index (χ2n) is 4.51. The fraction of sp³-hybridized carbons (Fsp3) is 0.250. The van der Waals surface area contributed by atoms with Gasteiger partial charge in [-0.1, -0.05) is 18.2 Å². The number of anilines is 1. The highest BCUT2D eigenvalue weighted by atomic mass is 79.9. The molecule has 0 saturated heterocycles. The first-order valence-electron chi connectivity index (χ1n) is 6.62. The summed E-state index contributed by atoms with van der Waals surface area (Å²) in [6.07, 6.45) is -0.592. The van der Waals surface area contributed by atoms with Gasteiger partial charge in [-0.3, -0.25) is 0 Å². The highest BCUT2D eigenvalue weighted by Crippen LogP contribution is 2.27. The molecule has 0 spiro atoms. The van der Waals surface area contributed by atoms with E-state index in [-0.39, 0.29) is 6.61 Å². The molecule has 0 fully saturated rings. The molecule has 2 rings (SSSR count). The Morgan fingerprint density at radius 3 is 2.62 bits per heavy atom. The topological polar surface area (TPSA) is 50.7 Å². The van der Waals surface area contributed by atoms with Crippen molar-refractivity contribution >= 4 is 21.6 Å². The lowest BCUT2D eigenvalue weighted by atomic mass is 10.3. The van der Waals surface area contributed by atoms with E-state index in [0.29, 0.717) is 6.54 Å². The van der Waals surface area contributed by atoms with Crippen molar-refractivity contribution in [2.24, 2.45) is 0 Å². The van der Waals surface area contributed by atoms with Gasteiger partial charge in [-0.2, -0.15) is 0 Å². The molecule has 2 aromatic rings. The zero-order chi connectivity index (χ0) is 15.1. The lowest BCUT2D eigenvalue weighted by molar-refractivity contribution is 0.117. The van der Waals surface area contributed by atoms with Gasteiger partial charge in [0.25, 0.3) is 0 Å². The normalized spacial score (nSPS) is 11.8. The van der Waals surface area contributed by atoms with Crippen LogP contribution < -0.4 is 14.8 Å². The number of para-hydroxylation sites is 1. The number of rotatable bonds is 7. The van der Waals surface area contributed by atoms with Crippen LogP contribution in [0.4, 0.5) is 5.69 Å². The number of methoxy groups -OCH3 is 1. The Balaban J connectivity index is 1.78. The predicted molar refractivity (Wildman–Crippen MR) is 87.1 cm³/mol. The maximum Gasteiger partial charge on any atom is 0.133 e. The van der Waals surface area contributed by atoms with Gasteiger partial charge in [-0.15, -0.1) is 0 Å². The maximum atomic E-state index is 9.92. The van der Waals surface area contributed by atoms with Crippen molar-refractivity contribution < 1.29 is 14.6 Å². The molecule has 1 atom stereocenters. The number of hydrogen-bond donors (Lipinski definition) is 2. The average Bonchev–Trinajstić information content (AvgIpc) is 2.52. The maximum absolute atomic E-state index is 9.92. The van der Waals surface area contributed by atoms with Crippen LogP contribution in [-0.2, 0) is 0 Å². The molecule has 0 aliphatic carbocycles. The molecule has 0 saturated carbocycles. The molecule has 1 unspecified atom stereocenters. The molecule has 0 bridgehead atoms. The standard InChI is InChI=1S/C16H18BrNO3/c1-20-16-8-7-12(9-15(16)17)18-10-13(19)11-21-14-5-3-2-4-6-14/h2-9,13,18-19H,10-11H2,1H3. The molecule has 0 aliphatic heterocycles. The summed E-state index contributed by atoms with van der Waals surface area (Å²) in [6.45, 7) is 0.653. The quantitative estimate of drug-likeness (QED) is 0.803. The molecule has 2 aromatic carbocycles. The Kier molecular flexibility index (Phi) is 5.90. The van der Waals surface area contributed by atoms with E-state index < -0.39 is 6.10 Å². The number of aliphatic hydroxyl groups excluding tert-OH is 1. The van der Waals surface area contributed by atoms with Crippen LogP contribution >= 0.6 is 15.9 Å². The molecule has 0 heterocycles. The van der Waals surface area contributed by atoms with E-state index in [1.807, 2.05) is 48.5 Å². The lowest BCUT2D eigenvalue weighted by Gasteiger charge is -2.14. The van der Waals surface area contributed by atoms with E-state index in [9.17, 15) is 5.11 Å². The zero-order valence-electron chi connectivity index (χ0n) is 11.8. The van der Waals surface area contributed by atoms with Crippen LogP contribution in [0.2, 0.25) is 0 Å². The number of ether oxygens (including phenoxy) is 2. The predicted octanol–water partition coefficient (Wildman–Crippen LogP) is 3.31. The molecule has 0 aromatic heterocycles. The van der Waals surface area contributed by atoms with Gasteiger partial charge in [0.05, 0.1) is 11.6 Å². The van der Waals surface area contributed by atoms with Crippen molar-refractivity contribution in [1.82, 2.24) is 0 Å². The number of nitrogens with one attached hydrogen (secondary N) is 1. The van der Waals surface area contributed by atoms with Gasteiger partial charge in [0.15, 0.2) is 0 Å².